The van der Waals surface area contributed by atoms with Crippen LogP contribution in [0.15, 0.2) is 23.2 Å². The van der Waals surface area contributed by atoms with Crippen LogP contribution in [0.3, 0.4) is 0 Å². The third-order valence-electron chi connectivity index (χ3n) is 4.04. The molecule has 2 aromatic heterocycles. The normalized spacial score (nSPS) is 19.4. The molecule has 0 spiro atoms. The van der Waals surface area contributed by atoms with Crippen molar-refractivity contribution in [1.29, 1.82) is 0 Å². The Morgan fingerprint density at radius 3 is 3.09 bits per heavy atom. The number of nitrogens with zero attached hydrogens (tertiary/aromatic N) is 4. The van der Waals surface area contributed by atoms with E-state index < -0.39 is 0 Å². The van der Waals surface area contributed by atoms with Gasteiger partial charge in [-0.3, -0.25) is 9.20 Å². The van der Waals surface area contributed by atoms with Crippen molar-refractivity contribution in [2.75, 3.05) is 26.8 Å². The van der Waals surface area contributed by atoms with Crippen molar-refractivity contribution in [3.05, 3.63) is 28.9 Å². The first-order valence-electron chi connectivity index (χ1n) is 7.46. The van der Waals surface area contributed by atoms with Crippen LogP contribution in [0.25, 0.3) is 5.65 Å². The van der Waals surface area contributed by atoms with Crippen molar-refractivity contribution in [2.45, 2.75) is 19.3 Å². The molecule has 1 saturated heterocycles. The van der Waals surface area contributed by atoms with Gasteiger partial charge in [0.25, 0.3) is 5.91 Å². The van der Waals surface area contributed by atoms with E-state index in [0.29, 0.717) is 28.5 Å². The molecule has 0 aliphatic carbocycles. The summed E-state index contributed by atoms with van der Waals surface area (Å²) in [5.74, 6) is 0.428. The fourth-order valence-corrected chi connectivity index (χ4v) is 3.28. The van der Waals surface area contributed by atoms with Gasteiger partial charge in [0.2, 0.25) is 0 Å². The Bertz CT molecular complexity index is 673. The van der Waals surface area contributed by atoms with E-state index in [1.807, 2.05) is 4.90 Å². The lowest BCUT2D eigenvalue weighted by molar-refractivity contribution is 0.0690. The molecule has 1 amide bonds. The number of amides is 1. The van der Waals surface area contributed by atoms with E-state index in [9.17, 15) is 4.79 Å². The zero-order chi connectivity index (χ0) is 15.5. The molecule has 0 aromatic carbocycles. The molecule has 1 fully saturated rings. The molecular weight excluding hydrogens is 348 g/mol. The Kier molecular flexibility index (Phi) is 4.73. The molecule has 2 aromatic rings. The molecule has 0 unspecified atom stereocenters. The molecule has 1 aliphatic rings. The second-order valence-electron chi connectivity index (χ2n) is 5.65. The highest BCUT2D eigenvalue weighted by atomic mass is 79.9. The highest BCUT2D eigenvalue weighted by Crippen LogP contribution is 2.19. The number of fused-ring (bicyclic) bond motifs is 1. The molecular formula is C15H19BrN4O2. The van der Waals surface area contributed by atoms with Crippen LogP contribution in [-0.2, 0) is 4.74 Å². The topological polar surface area (TPSA) is 59.7 Å². The lowest BCUT2D eigenvalue weighted by Crippen LogP contribution is -2.36. The molecule has 7 heteroatoms. The van der Waals surface area contributed by atoms with Crippen molar-refractivity contribution in [3.8, 4) is 0 Å². The number of imidazole rings is 1. The van der Waals surface area contributed by atoms with Gasteiger partial charge in [-0.15, -0.1) is 0 Å². The van der Waals surface area contributed by atoms with Gasteiger partial charge >= 0.3 is 0 Å². The number of ether oxygens (including phenoxy) is 1. The number of carbonyl (C=O) groups is 1. The Labute approximate surface area is 137 Å². The molecule has 0 radical (unpaired) electrons. The summed E-state index contributed by atoms with van der Waals surface area (Å²) in [5.41, 5.74) is 1.26. The fourth-order valence-electron chi connectivity index (χ4n) is 2.97. The van der Waals surface area contributed by atoms with E-state index in [4.69, 9.17) is 4.74 Å². The van der Waals surface area contributed by atoms with Gasteiger partial charge in [-0.2, -0.15) is 0 Å². The predicted molar refractivity (Wildman–Crippen MR) is 85.8 cm³/mol. The minimum absolute atomic E-state index is 0.0219. The molecule has 0 saturated carbocycles. The minimum Gasteiger partial charge on any atom is -0.384 e. The first kappa shape index (κ1) is 15.4. The Morgan fingerprint density at radius 2 is 2.27 bits per heavy atom. The first-order valence-corrected chi connectivity index (χ1v) is 8.25. The molecule has 0 bridgehead atoms. The van der Waals surface area contributed by atoms with E-state index in [0.717, 1.165) is 32.4 Å². The standard InChI is InChI=1S/C15H19BrN4O2/c1-22-10-11-4-2-3-5-19(8-11)15(21)12-6-18-14-7-17-13(16)9-20(12)14/h6-7,9,11H,2-5,8,10H2,1H3/t11-/m0/s1. The van der Waals surface area contributed by atoms with Gasteiger partial charge in [0.1, 0.15) is 10.3 Å². The predicted octanol–water partition coefficient (Wildman–Crippen LogP) is 2.38. The molecule has 3 rings (SSSR count). The highest BCUT2D eigenvalue weighted by molar-refractivity contribution is 9.10. The number of rotatable bonds is 3. The number of hydrogen-bond donors (Lipinski definition) is 0. The molecule has 0 N–H and O–H groups in total. The molecule has 1 atom stereocenters. The first-order chi connectivity index (χ1) is 10.7. The van der Waals surface area contributed by atoms with Gasteiger partial charge in [0, 0.05) is 26.4 Å². The van der Waals surface area contributed by atoms with E-state index >= 15 is 0 Å². The highest BCUT2D eigenvalue weighted by Gasteiger charge is 2.25. The molecule has 22 heavy (non-hydrogen) atoms. The van der Waals surface area contributed by atoms with Crippen molar-refractivity contribution >= 4 is 27.5 Å². The average molecular weight is 367 g/mol. The number of hydrogen-bond acceptors (Lipinski definition) is 4. The number of likely N-dealkylation sites (tertiary alicyclic amines) is 1. The van der Waals surface area contributed by atoms with Crippen LogP contribution in [0.5, 0.6) is 0 Å². The fraction of sp³-hybridized carbons (Fsp3) is 0.533. The van der Waals surface area contributed by atoms with Gasteiger partial charge in [0.05, 0.1) is 19.0 Å². The zero-order valence-electron chi connectivity index (χ0n) is 12.5. The van der Waals surface area contributed by atoms with Crippen molar-refractivity contribution < 1.29 is 9.53 Å². The van der Waals surface area contributed by atoms with Crippen LogP contribution in [0.1, 0.15) is 29.8 Å². The summed E-state index contributed by atoms with van der Waals surface area (Å²) in [6.07, 6.45) is 8.34. The van der Waals surface area contributed by atoms with E-state index in [1.165, 1.54) is 0 Å². The van der Waals surface area contributed by atoms with Gasteiger partial charge < -0.3 is 9.64 Å². The maximum Gasteiger partial charge on any atom is 0.272 e. The maximum atomic E-state index is 12.9. The quantitative estimate of drug-likeness (QED) is 0.836. The summed E-state index contributed by atoms with van der Waals surface area (Å²) in [6.45, 7) is 2.23. The van der Waals surface area contributed by atoms with Crippen molar-refractivity contribution in [3.63, 3.8) is 0 Å². The van der Waals surface area contributed by atoms with E-state index in [2.05, 4.69) is 25.9 Å². The molecule has 1 aliphatic heterocycles. The number of aromatic nitrogens is 3. The lowest BCUT2D eigenvalue weighted by atomic mass is 10.0. The average Bonchev–Trinajstić information content (AvgIpc) is 2.77. The summed E-state index contributed by atoms with van der Waals surface area (Å²) in [7, 11) is 1.71. The second kappa shape index (κ2) is 6.75. The summed E-state index contributed by atoms with van der Waals surface area (Å²) >= 11 is 3.34. The number of methoxy groups -OCH3 is 1. The van der Waals surface area contributed by atoms with E-state index in [-0.39, 0.29) is 5.91 Å². The third kappa shape index (κ3) is 3.15. The monoisotopic (exact) mass is 366 g/mol. The number of carbonyl (C=O) groups excluding carboxylic acids is 1. The summed E-state index contributed by atoms with van der Waals surface area (Å²) in [5, 5.41) is 0. The Morgan fingerprint density at radius 1 is 1.41 bits per heavy atom. The lowest BCUT2D eigenvalue weighted by Gasteiger charge is -2.24. The summed E-state index contributed by atoms with van der Waals surface area (Å²) in [4.78, 5) is 23.2. The number of halogens is 1. The van der Waals surface area contributed by atoms with Crippen LogP contribution >= 0.6 is 15.9 Å². The smallest absolute Gasteiger partial charge is 0.272 e. The van der Waals surface area contributed by atoms with Gasteiger partial charge in [0.15, 0.2) is 5.65 Å². The van der Waals surface area contributed by atoms with E-state index in [1.54, 1.807) is 30.1 Å². The second-order valence-corrected chi connectivity index (χ2v) is 6.46. The van der Waals surface area contributed by atoms with Crippen LogP contribution in [0, 0.1) is 5.92 Å². The van der Waals surface area contributed by atoms with Crippen LogP contribution in [0.4, 0.5) is 0 Å². The van der Waals surface area contributed by atoms with Crippen LogP contribution < -0.4 is 0 Å². The third-order valence-corrected chi connectivity index (χ3v) is 4.45. The maximum absolute atomic E-state index is 12.9. The van der Waals surface area contributed by atoms with Gasteiger partial charge in [-0.05, 0) is 34.7 Å². The van der Waals surface area contributed by atoms with Crippen molar-refractivity contribution in [2.24, 2.45) is 5.92 Å². The Balaban J connectivity index is 1.86. The van der Waals surface area contributed by atoms with Crippen molar-refractivity contribution in [1.82, 2.24) is 19.3 Å². The Hall–Kier alpha value is -1.47. The SMILES string of the molecule is COC[C@H]1CCCCN(C(=O)c2cnc3cnc(Br)cn23)C1. The molecule has 6 nitrogen and oxygen atoms in total. The van der Waals surface area contributed by atoms with Crippen LogP contribution in [-0.4, -0.2) is 52.0 Å². The minimum atomic E-state index is 0.0219. The largest absolute Gasteiger partial charge is 0.384 e. The summed E-state index contributed by atoms with van der Waals surface area (Å²) < 4.78 is 7.74. The van der Waals surface area contributed by atoms with Crippen LogP contribution in [0.2, 0.25) is 0 Å². The van der Waals surface area contributed by atoms with Gasteiger partial charge in [-0.25, -0.2) is 9.97 Å². The van der Waals surface area contributed by atoms with Gasteiger partial charge in [-0.1, -0.05) is 6.42 Å². The summed E-state index contributed by atoms with van der Waals surface area (Å²) in [6, 6.07) is 0. The molecule has 118 valence electrons. The zero-order valence-corrected chi connectivity index (χ0v) is 14.1. The molecule has 3 heterocycles.